The second-order valence-electron chi connectivity index (χ2n) is 7.00. The van der Waals surface area contributed by atoms with E-state index in [-0.39, 0.29) is 23.7 Å². The minimum Gasteiger partial charge on any atom is -0.377 e. The molecule has 3 nitrogen and oxygen atoms in total. The fraction of sp³-hybridized carbons (Fsp3) is 0.286. The summed E-state index contributed by atoms with van der Waals surface area (Å²) in [5, 5.41) is 3.60. The predicted octanol–water partition coefficient (Wildman–Crippen LogP) is 4.35. The van der Waals surface area contributed by atoms with Crippen molar-refractivity contribution in [3.63, 3.8) is 0 Å². The van der Waals surface area contributed by atoms with Gasteiger partial charge >= 0.3 is 0 Å². The van der Waals surface area contributed by atoms with Crippen LogP contribution < -0.4 is 5.32 Å². The van der Waals surface area contributed by atoms with Gasteiger partial charge in [0.15, 0.2) is 0 Å². The van der Waals surface area contributed by atoms with Crippen LogP contribution >= 0.6 is 0 Å². The van der Waals surface area contributed by atoms with E-state index >= 15 is 0 Å². The van der Waals surface area contributed by atoms with Gasteiger partial charge in [0.1, 0.15) is 5.82 Å². The third-order valence-corrected chi connectivity index (χ3v) is 5.26. The molecule has 3 unspecified atom stereocenters. The molecule has 1 heterocycles. The van der Waals surface area contributed by atoms with Gasteiger partial charge in [0.05, 0.1) is 17.3 Å². The molecule has 0 aromatic heterocycles. The second kappa shape index (κ2) is 6.03. The molecule has 2 aliphatic rings. The van der Waals surface area contributed by atoms with Crippen LogP contribution in [0.4, 0.5) is 10.1 Å². The number of amides is 1. The molecule has 1 aliphatic carbocycles. The second-order valence-corrected chi connectivity index (χ2v) is 7.00. The smallest absolute Gasteiger partial charge is 0.255 e. The lowest BCUT2D eigenvalue weighted by atomic mass is 9.76. The van der Waals surface area contributed by atoms with Crippen LogP contribution in [0.5, 0.6) is 0 Å². The Hall–Kier alpha value is -2.62. The summed E-state index contributed by atoms with van der Waals surface area (Å²) in [4.78, 5) is 14.2. The maximum Gasteiger partial charge on any atom is 0.255 e. The summed E-state index contributed by atoms with van der Waals surface area (Å²) in [5.74, 6) is 0.413. The Morgan fingerprint density at radius 2 is 1.92 bits per heavy atom. The number of hydrogen-bond donors (Lipinski definition) is 1. The minimum absolute atomic E-state index is 0.0115. The normalized spacial score (nSPS) is 23.6. The van der Waals surface area contributed by atoms with Crippen LogP contribution in [0.1, 0.15) is 39.9 Å². The highest BCUT2D eigenvalue weighted by atomic mass is 19.1. The number of rotatable bonds is 2. The van der Waals surface area contributed by atoms with Crippen molar-refractivity contribution in [3.8, 4) is 0 Å². The molecule has 3 atom stereocenters. The topological polar surface area (TPSA) is 32.3 Å². The molecule has 0 radical (unpaired) electrons. The van der Waals surface area contributed by atoms with E-state index in [9.17, 15) is 9.18 Å². The first-order valence-corrected chi connectivity index (χ1v) is 8.59. The zero-order chi connectivity index (χ0) is 17.6. The van der Waals surface area contributed by atoms with Crippen LogP contribution in [0.3, 0.4) is 0 Å². The van der Waals surface area contributed by atoms with Crippen molar-refractivity contribution < 1.29 is 9.18 Å². The lowest BCUT2D eigenvalue weighted by Gasteiger charge is -2.38. The number of halogens is 1. The van der Waals surface area contributed by atoms with E-state index in [1.54, 1.807) is 19.0 Å². The van der Waals surface area contributed by atoms with E-state index in [1.165, 1.54) is 17.7 Å². The number of fused-ring (bicyclic) bond motifs is 3. The van der Waals surface area contributed by atoms with Gasteiger partial charge in [-0.2, -0.15) is 0 Å². The van der Waals surface area contributed by atoms with Gasteiger partial charge in [-0.25, -0.2) is 4.39 Å². The van der Waals surface area contributed by atoms with Crippen molar-refractivity contribution in [3.05, 3.63) is 77.1 Å². The van der Waals surface area contributed by atoms with Crippen molar-refractivity contribution in [1.82, 2.24) is 4.90 Å². The van der Waals surface area contributed by atoms with Crippen LogP contribution in [0.25, 0.3) is 0 Å². The van der Waals surface area contributed by atoms with Gasteiger partial charge in [0.2, 0.25) is 0 Å². The molecule has 0 spiro atoms. The number of carbonyl (C=O) groups excluding carboxylic acids is 1. The van der Waals surface area contributed by atoms with E-state index in [4.69, 9.17) is 0 Å². The molecule has 1 aliphatic heterocycles. The van der Waals surface area contributed by atoms with Crippen molar-refractivity contribution in [2.75, 3.05) is 19.4 Å². The summed E-state index contributed by atoms with van der Waals surface area (Å²) in [7, 11) is 3.53. The van der Waals surface area contributed by atoms with E-state index in [1.807, 2.05) is 24.3 Å². The first-order valence-electron chi connectivity index (χ1n) is 8.59. The maximum atomic E-state index is 13.3. The van der Waals surface area contributed by atoms with E-state index in [0.717, 1.165) is 17.7 Å². The Balaban J connectivity index is 1.81. The Bertz CT molecular complexity index is 841. The van der Waals surface area contributed by atoms with Crippen molar-refractivity contribution >= 4 is 11.6 Å². The lowest BCUT2D eigenvalue weighted by Crippen LogP contribution is -2.32. The number of para-hydroxylation sites is 1. The van der Waals surface area contributed by atoms with Crippen LogP contribution in [-0.4, -0.2) is 24.9 Å². The molecular formula is C21H21FN2O. The average molecular weight is 336 g/mol. The van der Waals surface area contributed by atoms with Gasteiger partial charge < -0.3 is 10.2 Å². The third kappa shape index (κ3) is 2.62. The lowest BCUT2D eigenvalue weighted by molar-refractivity contribution is 0.0828. The molecule has 2 aromatic rings. The quantitative estimate of drug-likeness (QED) is 0.827. The van der Waals surface area contributed by atoms with E-state index < -0.39 is 0 Å². The zero-order valence-corrected chi connectivity index (χ0v) is 14.4. The Kier molecular flexibility index (Phi) is 3.83. The Morgan fingerprint density at radius 3 is 2.64 bits per heavy atom. The summed E-state index contributed by atoms with van der Waals surface area (Å²) >= 11 is 0. The van der Waals surface area contributed by atoms with Crippen LogP contribution in [0, 0.1) is 11.7 Å². The number of carbonyl (C=O) groups is 1. The number of benzene rings is 2. The molecule has 1 N–H and O–H groups in total. The number of hydrogen-bond acceptors (Lipinski definition) is 2. The summed E-state index contributed by atoms with van der Waals surface area (Å²) in [6, 6.07) is 12.7. The highest BCUT2D eigenvalue weighted by molar-refractivity contribution is 6.00. The molecule has 4 rings (SSSR count). The van der Waals surface area contributed by atoms with Crippen molar-refractivity contribution in [2.24, 2.45) is 5.92 Å². The Labute approximate surface area is 147 Å². The van der Waals surface area contributed by atoms with Gasteiger partial charge in [-0.1, -0.05) is 36.4 Å². The van der Waals surface area contributed by atoms with Gasteiger partial charge in [0.25, 0.3) is 5.91 Å². The molecule has 1 amide bonds. The predicted molar refractivity (Wildman–Crippen MR) is 97.2 cm³/mol. The van der Waals surface area contributed by atoms with Crippen LogP contribution in [-0.2, 0) is 0 Å². The summed E-state index contributed by atoms with van der Waals surface area (Å²) in [6.45, 7) is 0. The molecule has 128 valence electrons. The molecule has 0 fully saturated rings. The van der Waals surface area contributed by atoms with Crippen molar-refractivity contribution in [1.29, 1.82) is 0 Å². The Morgan fingerprint density at radius 1 is 1.16 bits per heavy atom. The molecule has 4 heteroatoms. The molecular weight excluding hydrogens is 315 g/mol. The maximum absolute atomic E-state index is 13.3. The minimum atomic E-state index is -0.232. The molecule has 25 heavy (non-hydrogen) atoms. The number of nitrogens with zero attached hydrogens (tertiary/aromatic N) is 1. The number of allylic oxidation sites excluding steroid dienone is 2. The molecule has 0 saturated carbocycles. The van der Waals surface area contributed by atoms with E-state index in [0.29, 0.717) is 11.5 Å². The highest BCUT2D eigenvalue weighted by Gasteiger charge is 2.39. The first kappa shape index (κ1) is 15.9. The van der Waals surface area contributed by atoms with E-state index in [2.05, 4.69) is 23.5 Å². The average Bonchev–Trinajstić information content (AvgIpc) is 3.10. The molecule has 0 saturated heterocycles. The van der Waals surface area contributed by atoms with Gasteiger partial charge in [0, 0.05) is 20.0 Å². The van der Waals surface area contributed by atoms with Gasteiger partial charge in [-0.05, 0) is 41.7 Å². The number of anilines is 1. The monoisotopic (exact) mass is 336 g/mol. The standard InChI is InChI=1S/C21H21FN2O/c1-24(2)21(25)18-8-4-7-17-15-5-3-6-16(15)19(23-20(17)18)13-9-11-14(22)12-10-13/h3-5,7-12,15-16,19,23H,6H2,1-2H3. The summed E-state index contributed by atoms with van der Waals surface area (Å²) in [5.41, 5.74) is 3.82. The van der Waals surface area contributed by atoms with Crippen LogP contribution in [0.2, 0.25) is 0 Å². The number of nitrogens with one attached hydrogen (secondary N) is 1. The van der Waals surface area contributed by atoms with Crippen LogP contribution in [0.15, 0.2) is 54.6 Å². The SMILES string of the molecule is CN(C)C(=O)c1cccc2c1NC(c1ccc(F)cc1)C1CC=CC21. The molecule has 0 bridgehead atoms. The summed E-state index contributed by atoms with van der Waals surface area (Å²) in [6.07, 6.45) is 5.43. The fourth-order valence-electron chi connectivity index (χ4n) is 4.04. The largest absolute Gasteiger partial charge is 0.377 e. The first-order chi connectivity index (χ1) is 12.1. The van der Waals surface area contributed by atoms with Crippen molar-refractivity contribution in [2.45, 2.75) is 18.4 Å². The highest BCUT2D eigenvalue weighted by Crippen LogP contribution is 2.50. The molecule has 2 aromatic carbocycles. The van der Waals surface area contributed by atoms with Gasteiger partial charge in [-0.3, -0.25) is 4.79 Å². The zero-order valence-electron chi connectivity index (χ0n) is 14.4. The third-order valence-electron chi connectivity index (χ3n) is 5.26. The summed E-state index contributed by atoms with van der Waals surface area (Å²) < 4.78 is 13.3. The van der Waals surface area contributed by atoms with Gasteiger partial charge in [-0.15, -0.1) is 0 Å². The fourth-order valence-corrected chi connectivity index (χ4v) is 4.04.